The van der Waals surface area contributed by atoms with Gasteiger partial charge in [0, 0.05) is 6.54 Å². The van der Waals surface area contributed by atoms with E-state index in [9.17, 15) is 4.39 Å². The highest BCUT2D eigenvalue weighted by atomic mass is 19.1. The summed E-state index contributed by atoms with van der Waals surface area (Å²) < 4.78 is 24.3. The van der Waals surface area contributed by atoms with E-state index in [0.29, 0.717) is 19.6 Å². The fourth-order valence-electron chi connectivity index (χ4n) is 2.25. The van der Waals surface area contributed by atoms with Crippen LogP contribution in [0.25, 0.3) is 0 Å². The number of methoxy groups -OCH3 is 1. The molecule has 22 heavy (non-hydrogen) atoms. The third-order valence-electron chi connectivity index (χ3n) is 3.39. The van der Waals surface area contributed by atoms with Crippen molar-refractivity contribution in [3.05, 3.63) is 59.4 Å². The van der Waals surface area contributed by atoms with Crippen LogP contribution in [0.2, 0.25) is 0 Å². The SMILES string of the molecule is CCOc1ccc(CNCCc2ccccc2F)cc1OC. The van der Waals surface area contributed by atoms with Gasteiger partial charge in [-0.3, -0.25) is 0 Å². The molecule has 4 heteroatoms. The lowest BCUT2D eigenvalue weighted by Gasteiger charge is -2.11. The largest absolute Gasteiger partial charge is 0.493 e. The first kappa shape index (κ1) is 16.3. The molecule has 1 N–H and O–H groups in total. The third kappa shape index (κ3) is 4.46. The molecule has 0 atom stereocenters. The number of nitrogens with one attached hydrogen (secondary N) is 1. The van der Waals surface area contributed by atoms with Gasteiger partial charge in [0.25, 0.3) is 0 Å². The molecule has 2 rings (SSSR count). The van der Waals surface area contributed by atoms with Crippen molar-refractivity contribution in [3.63, 3.8) is 0 Å². The molecule has 118 valence electrons. The van der Waals surface area contributed by atoms with Gasteiger partial charge in [0.2, 0.25) is 0 Å². The molecule has 0 aliphatic heterocycles. The summed E-state index contributed by atoms with van der Waals surface area (Å²) in [5.74, 6) is 1.34. The first-order valence-electron chi connectivity index (χ1n) is 7.48. The molecule has 0 aliphatic carbocycles. The van der Waals surface area contributed by atoms with E-state index in [4.69, 9.17) is 9.47 Å². The van der Waals surface area contributed by atoms with E-state index in [1.54, 1.807) is 13.2 Å². The molecule has 0 amide bonds. The van der Waals surface area contributed by atoms with Crippen LogP contribution >= 0.6 is 0 Å². The maximum atomic E-state index is 13.5. The lowest BCUT2D eigenvalue weighted by atomic mass is 10.1. The van der Waals surface area contributed by atoms with Crippen molar-refractivity contribution in [2.75, 3.05) is 20.3 Å². The minimum atomic E-state index is -0.146. The lowest BCUT2D eigenvalue weighted by Crippen LogP contribution is -2.17. The van der Waals surface area contributed by atoms with Gasteiger partial charge in [0.05, 0.1) is 13.7 Å². The van der Waals surface area contributed by atoms with Crippen LogP contribution in [0, 0.1) is 5.82 Å². The highest BCUT2D eigenvalue weighted by Crippen LogP contribution is 2.27. The molecule has 3 nitrogen and oxygen atoms in total. The van der Waals surface area contributed by atoms with E-state index in [2.05, 4.69) is 5.32 Å². The monoisotopic (exact) mass is 303 g/mol. The predicted molar refractivity (Wildman–Crippen MR) is 86.0 cm³/mol. The van der Waals surface area contributed by atoms with Crippen molar-refractivity contribution in [3.8, 4) is 11.5 Å². The van der Waals surface area contributed by atoms with Gasteiger partial charge >= 0.3 is 0 Å². The van der Waals surface area contributed by atoms with Gasteiger partial charge in [-0.05, 0) is 49.2 Å². The molecule has 0 aliphatic rings. The third-order valence-corrected chi connectivity index (χ3v) is 3.39. The van der Waals surface area contributed by atoms with Gasteiger partial charge in [-0.25, -0.2) is 4.39 Å². The van der Waals surface area contributed by atoms with E-state index in [0.717, 1.165) is 29.2 Å². The molecule has 0 saturated heterocycles. The van der Waals surface area contributed by atoms with E-state index in [-0.39, 0.29) is 5.82 Å². The number of halogens is 1. The molecule has 0 radical (unpaired) electrons. The van der Waals surface area contributed by atoms with Crippen LogP contribution in [-0.4, -0.2) is 20.3 Å². The summed E-state index contributed by atoms with van der Waals surface area (Å²) in [6, 6.07) is 12.7. The van der Waals surface area contributed by atoms with Crippen molar-refractivity contribution < 1.29 is 13.9 Å². The smallest absolute Gasteiger partial charge is 0.161 e. The normalized spacial score (nSPS) is 10.5. The standard InChI is InChI=1S/C18H22FNO2/c1-3-22-17-9-8-14(12-18(17)21-2)13-20-11-10-15-6-4-5-7-16(15)19/h4-9,12,20H,3,10-11,13H2,1-2H3. The molecule has 0 aromatic heterocycles. The Hall–Kier alpha value is -2.07. The Labute approximate surface area is 131 Å². The molecule has 2 aromatic carbocycles. The summed E-state index contributed by atoms with van der Waals surface area (Å²) in [6.45, 7) is 3.97. The summed E-state index contributed by atoms with van der Waals surface area (Å²) in [5, 5.41) is 3.32. The zero-order valence-corrected chi connectivity index (χ0v) is 13.1. The van der Waals surface area contributed by atoms with Crippen LogP contribution in [0.15, 0.2) is 42.5 Å². The van der Waals surface area contributed by atoms with Gasteiger partial charge in [-0.1, -0.05) is 24.3 Å². The van der Waals surface area contributed by atoms with Crippen molar-refractivity contribution >= 4 is 0 Å². The Kier molecular flexibility index (Phi) is 6.22. The second kappa shape index (κ2) is 8.39. The molecule has 0 unspecified atom stereocenters. The van der Waals surface area contributed by atoms with Crippen molar-refractivity contribution in [2.45, 2.75) is 19.9 Å². The predicted octanol–water partition coefficient (Wildman–Crippen LogP) is 3.57. The molecule has 2 aromatic rings. The Morgan fingerprint density at radius 2 is 1.91 bits per heavy atom. The van der Waals surface area contributed by atoms with E-state index >= 15 is 0 Å². The average Bonchev–Trinajstić information content (AvgIpc) is 2.54. The first-order chi connectivity index (χ1) is 10.7. The second-order valence-electron chi connectivity index (χ2n) is 4.94. The molecule has 0 heterocycles. The fraction of sp³-hybridized carbons (Fsp3) is 0.333. The quantitative estimate of drug-likeness (QED) is 0.756. The highest BCUT2D eigenvalue weighted by Gasteiger charge is 2.05. The van der Waals surface area contributed by atoms with Crippen molar-refractivity contribution in [2.24, 2.45) is 0 Å². The van der Waals surface area contributed by atoms with Crippen LogP contribution in [0.1, 0.15) is 18.1 Å². The summed E-state index contributed by atoms with van der Waals surface area (Å²) in [6.07, 6.45) is 0.667. The molecule has 0 fully saturated rings. The van der Waals surface area contributed by atoms with Gasteiger partial charge in [0.15, 0.2) is 11.5 Å². The second-order valence-corrected chi connectivity index (χ2v) is 4.94. The first-order valence-corrected chi connectivity index (χ1v) is 7.48. The summed E-state index contributed by atoms with van der Waals surface area (Å²) in [5.41, 5.74) is 1.84. The highest BCUT2D eigenvalue weighted by molar-refractivity contribution is 5.42. The van der Waals surface area contributed by atoms with Crippen LogP contribution in [0.3, 0.4) is 0 Å². The Bertz CT molecular complexity index is 601. The molecular weight excluding hydrogens is 281 g/mol. The van der Waals surface area contributed by atoms with Crippen molar-refractivity contribution in [1.82, 2.24) is 5.32 Å². The fourth-order valence-corrected chi connectivity index (χ4v) is 2.25. The van der Waals surface area contributed by atoms with Crippen LogP contribution < -0.4 is 14.8 Å². The lowest BCUT2D eigenvalue weighted by molar-refractivity contribution is 0.310. The van der Waals surface area contributed by atoms with Gasteiger partial charge < -0.3 is 14.8 Å². The van der Waals surface area contributed by atoms with E-state index < -0.39 is 0 Å². The maximum Gasteiger partial charge on any atom is 0.161 e. The number of hydrogen-bond acceptors (Lipinski definition) is 3. The molecule has 0 bridgehead atoms. The van der Waals surface area contributed by atoms with Crippen LogP contribution in [0.5, 0.6) is 11.5 Å². The molecular formula is C18H22FNO2. The number of hydrogen-bond donors (Lipinski definition) is 1. The van der Waals surface area contributed by atoms with Crippen LogP contribution in [-0.2, 0) is 13.0 Å². The van der Waals surface area contributed by atoms with E-state index in [1.165, 1.54) is 6.07 Å². The molecule has 0 saturated carbocycles. The average molecular weight is 303 g/mol. The Balaban J connectivity index is 1.85. The van der Waals surface area contributed by atoms with Crippen LogP contribution in [0.4, 0.5) is 4.39 Å². The minimum absolute atomic E-state index is 0.146. The van der Waals surface area contributed by atoms with Gasteiger partial charge in [-0.2, -0.15) is 0 Å². The minimum Gasteiger partial charge on any atom is -0.493 e. The topological polar surface area (TPSA) is 30.5 Å². The zero-order chi connectivity index (χ0) is 15.8. The summed E-state index contributed by atoms with van der Waals surface area (Å²) in [4.78, 5) is 0. The summed E-state index contributed by atoms with van der Waals surface area (Å²) in [7, 11) is 1.63. The zero-order valence-electron chi connectivity index (χ0n) is 13.1. The van der Waals surface area contributed by atoms with Gasteiger partial charge in [-0.15, -0.1) is 0 Å². The van der Waals surface area contributed by atoms with Gasteiger partial charge in [0.1, 0.15) is 5.82 Å². The summed E-state index contributed by atoms with van der Waals surface area (Å²) >= 11 is 0. The number of rotatable bonds is 8. The molecule has 0 spiro atoms. The Morgan fingerprint density at radius 1 is 1.09 bits per heavy atom. The Morgan fingerprint density at radius 3 is 2.64 bits per heavy atom. The number of ether oxygens (including phenoxy) is 2. The van der Waals surface area contributed by atoms with E-state index in [1.807, 2.05) is 37.3 Å². The van der Waals surface area contributed by atoms with Crippen molar-refractivity contribution in [1.29, 1.82) is 0 Å². The number of benzene rings is 2. The maximum absolute atomic E-state index is 13.5.